The molecule has 2 rings (SSSR count). The molecule has 0 heterocycles. The quantitative estimate of drug-likeness (QED) is 0.674. The van der Waals surface area contributed by atoms with Crippen molar-refractivity contribution in [2.45, 2.75) is 0 Å². The van der Waals surface area contributed by atoms with E-state index in [0.717, 1.165) is 9.32 Å². The van der Waals surface area contributed by atoms with Crippen LogP contribution in [0.15, 0.2) is 42.5 Å². The average Bonchev–Trinajstić information content (AvgIpc) is 2.34. The van der Waals surface area contributed by atoms with Crippen LogP contribution < -0.4 is 10.5 Å². The van der Waals surface area contributed by atoms with E-state index in [4.69, 9.17) is 15.7 Å². The Balaban J connectivity index is 2.32. The van der Waals surface area contributed by atoms with Gasteiger partial charge in [0.2, 0.25) is 0 Å². The predicted molar refractivity (Wildman–Crippen MR) is 74.8 cm³/mol. The molecule has 3 nitrogen and oxygen atoms in total. The van der Waals surface area contributed by atoms with E-state index in [9.17, 15) is 0 Å². The first-order chi connectivity index (χ1) is 8.20. The number of benzene rings is 2. The van der Waals surface area contributed by atoms with Crippen molar-refractivity contribution in [3.8, 4) is 17.6 Å². The molecule has 0 radical (unpaired) electrons. The van der Waals surface area contributed by atoms with Crippen molar-refractivity contribution >= 4 is 28.3 Å². The number of nitrogen functional groups attached to an aromatic ring is 1. The Morgan fingerprint density at radius 2 is 1.88 bits per heavy atom. The largest absolute Gasteiger partial charge is 0.454 e. The molecule has 0 aliphatic rings. The Bertz CT molecular complexity index is 590. The molecule has 17 heavy (non-hydrogen) atoms. The van der Waals surface area contributed by atoms with Crippen molar-refractivity contribution in [3.05, 3.63) is 51.6 Å². The average molecular weight is 336 g/mol. The van der Waals surface area contributed by atoms with Crippen LogP contribution in [0.5, 0.6) is 11.5 Å². The second-order valence-corrected chi connectivity index (χ2v) is 4.56. The molecule has 0 unspecified atom stereocenters. The van der Waals surface area contributed by atoms with E-state index in [1.54, 1.807) is 18.2 Å². The van der Waals surface area contributed by atoms with Crippen molar-refractivity contribution in [2.75, 3.05) is 5.73 Å². The van der Waals surface area contributed by atoms with Gasteiger partial charge in [0.1, 0.15) is 11.5 Å². The molecule has 0 spiro atoms. The molecule has 0 aliphatic carbocycles. The van der Waals surface area contributed by atoms with Crippen LogP contribution in [-0.2, 0) is 0 Å². The molecular weight excluding hydrogens is 327 g/mol. The van der Waals surface area contributed by atoms with E-state index in [1.807, 2.05) is 30.3 Å². The normalized spacial score (nSPS) is 9.65. The third-order valence-corrected chi connectivity index (χ3v) is 3.09. The number of hydrogen-bond donors (Lipinski definition) is 1. The predicted octanol–water partition coefficient (Wildman–Crippen LogP) is 3.54. The lowest BCUT2D eigenvalue weighted by Gasteiger charge is -2.09. The standard InChI is InChI=1S/C13H9IN2O/c14-10-3-1-2-4-12(10)17-13-6-5-9(8-15)7-11(13)16/h1-7H,16H2. The minimum atomic E-state index is 0.462. The lowest BCUT2D eigenvalue weighted by Crippen LogP contribution is -1.94. The van der Waals surface area contributed by atoms with Crippen molar-refractivity contribution in [3.63, 3.8) is 0 Å². The molecule has 0 aromatic heterocycles. The third kappa shape index (κ3) is 2.68. The zero-order valence-electron chi connectivity index (χ0n) is 8.85. The van der Waals surface area contributed by atoms with Crippen molar-refractivity contribution in [2.24, 2.45) is 0 Å². The maximum Gasteiger partial charge on any atom is 0.150 e. The summed E-state index contributed by atoms with van der Waals surface area (Å²) in [7, 11) is 0. The Morgan fingerprint density at radius 1 is 1.12 bits per heavy atom. The summed E-state index contributed by atoms with van der Waals surface area (Å²) in [4.78, 5) is 0. The van der Waals surface area contributed by atoms with Gasteiger partial charge in [-0.2, -0.15) is 5.26 Å². The van der Waals surface area contributed by atoms with Crippen LogP contribution >= 0.6 is 22.6 Å². The molecule has 2 aromatic carbocycles. The number of nitrogens with zero attached hydrogens (tertiary/aromatic N) is 1. The van der Waals surface area contributed by atoms with Crippen LogP contribution in [0.1, 0.15) is 5.56 Å². The second kappa shape index (κ2) is 5.06. The SMILES string of the molecule is N#Cc1ccc(Oc2ccccc2I)c(N)c1. The van der Waals surface area contributed by atoms with Crippen LogP contribution in [0.4, 0.5) is 5.69 Å². The second-order valence-electron chi connectivity index (χ2n) is 3.40. The highest BCUT2D eigenvalue weighted by atomic mass is 127. The number of halogens is 1. The molecule has 0 amide bonds. The number of anilines is 1. The molecule has 4 heteroatoms. The highest BCUT2D eigenvalue weighted by Gasteiger charge is 2.05. The van der Waals surface area contributed by atoms with Crippen LogP contribution in [-0.4, -0.2) is 0 Å². The maximum atomic E-state index is 8.74. The maximum absolute atomic E-state index is 8.74. The summed E-state index contributed by atoms with van der Waals surface area (Å²) in [5, 5.41) is 8.74. The number of para-hydroxylation sites is 1. The van der Waals surface area contributed by atoms with E-state index < -0.39 is 0 Å². The van der Waals surface area contributed by atoms with E-state index in [2.05, 4.69) is 22.6 Å². The number of nitrogens with two attached hydrogens (primary N) is 1. The molecule has 0 saturated heterocycles. The number of hydrogen-bond acceptors (Lipinski definition) is 3. The van der Waals surface area contributed by atoms with Gasteiger partial charge in [-0.15, -0.1) is 0 Å². The fraction of sp³-hybridized carbons (Fsp3) is 0. The van der Waals surface area contributed by atoms with Crippen LogP contribution in [0, 0.1) is 14.9 Å². The highest BCUT2D eigenvalue weighted by Crippen LogP contribution is 2.30. The topological polar surface area (TPSA) is 59.0 Å². The van der Waals surface area contributed by atoms with E-state index in [1.165, 1.54) is 0 Å². The fourth-order valence-electron chi connectivity index (χ4n) is 1.36. The Hall–Kier alpha value is -1.74. The van der Waals surface area contributed by atoms with Gasteiger partial charge in [0.15, 0.2) is 0 Å². The van der Waals surface area contributed by atoms with Gasteiger partial charge < -0.3 is 10.5 Å². The summed E-state index contributed by atoms with van der Waals surface area (Å²) in [5.41, 5.74) is 6.80. The smallest absolute Gasteiger partial charge is 0.150 e. The zero-order valence-corrected chi connectivity index (χ0v) is 11.0. The molecule has 0 fully saturated rings. The summed E-state index contributed by atoms with van der Waals surface area (Å²) in [5.74, 6) is 1.32. The lowest BCUT2D eigenvalue weighted by atomic mass is 10.2. The van der Waals surface area contributed by atoms with Gasteiger partial charge in [0, 0.05) is 0 Å². The van der Waals surface area contributed by atoms with Gasteiger partial charge in [-0.1, -0.05) is 12.1 Å². The van der Waals surface area contributed by atoms with Crippen LogP contribution in [0.25, 0.3) is 0 Å². The summed E-state index contributed by atoms with van der Waals surface area (Å²) >= 11 is 2.19. The van der Waals surface area contributed by atoms with Gasteiger partial charge >= 0.3 is 0 Å². The molecular formula is C13H9IN2O. The first kappa shape index (κ1) is 11.7. The van der Waals surface area contributed by atoms with Gasteiger partial charge in [-0.05, 0) is 52.9 Å². The molecule has 0 atom stereocenters. The Labute approximate surface area is 113 Å². The highest BCUT2D eigenvalue weighted by molar-refractivity contribution is 14.1. The first-order valence-corrected chi connectivity index (χ1v) is 6.00. The Morgan fingerprint density at radius 3 is 2.53 bits per heavy atom. The molecule has 0 bridgehead atoms. The monoisotopic (exact) mass is 336 g/mol. The van der Waals surface area contributed by atoms with Crippen molar-refractivity contribution in [1.29, 1.82) is 5.26 Å². The van der Waals surface area contributed by atoms with Crippen molar-refractivity contribution < 1.29 is 4.74 Å². The third-order valence-electron chi connectivity index (χ3n) is 2.20. The molecule has 2 aromatic rings. The number of rotatable bonds is 2. The van der Waals surface area contributed by atoms with Crippen molar-refractivity contribution in [1.82, 2.24) is 0 Å². The number of ether oxygens (including phenoxy) is 1. The van der Waals surface area contributed by atoms with Crippen LogP contribution in [0.3, 0.4) is 0 Å². The summed E-state index contributed by atoms with van der Waals surface area (Å²) in [6, 6.07) is 14.7. The van der Waals surface area contributed by atoms with Crippen LogP contribution in [0.2, 0.25) is 0 Å². The lowest BCUT2D eigenvalue weighted by molar-refractivity contribution is 0.481. The van der Waals surface area contributed by atoms with Gasteiger partial charge in [0.25, 0.3) is 0 Å². The van der Waals surface area contributed by atoms with E-state index in [-0.39, 0.29) is 0 Å². The molecule has 0 saturated carbocycles. The van der Waals surface area contributed by atoms with Gasteiger partial charge in [0.05, 0.1) is 20.9 Å². The zero-order chi connectivity index (χ0) is 12.3. The molecule has 84 valence electrons. The number of nitriles is 1. The molecule has 2 N–H and O–H groups in total. The summed E-state index contributed by atoms with van der Waals surface area (Å²) < 4.78 is 6.71. The van der Waals surface area contributed by atoms with E-state index in [0.29, 0.717) is 17.0 Å². The first-order valence-electron chi connectivity index (χ1n) is 4.92. The minimum absolute atomic E-state index is 0.462. The molecule has 0 aliphatic heterocycles. The summed E-state index contributed by atoms with van der Waals surface area (Å²) in [6.45, 7) is 0. The Kier molecular flexibility index (Phi) is 3.49. The van der Waals surface area contributed by atoms with Gasteiger partial charge in [-0.3, -0.25) is 0 Å². The van der Waals surface area contributed by atoms with Gasteiger partial charge in [-0.25, -0.2) is 0 Å². The van der Waals surface area contributed by atoms with E-state index >= 15 is 0 Å². The fourth-order valence-corrected chi connectivity index (χ4v) is 1.85. The minimum Gasteiger partial charge on any atom is -0.454 e. The summed E-state index contributed by atoms with van der Waals surface area (Å²) in [6.07, 6.45) is 0.